The maximum atomic E-state index is 12.3. The van der Waals surface area contributed by atoms with E-state index in [1.807, 2.05) is 19.1 Å². The summed E-state index contributed by atoms with van der Waals surface area (Å²) in [6, 6.07) is 5.26. The first-order valence-corrected chi connectivity index (χ1v) is 7.24. The lowest BCUT2D eigenvalue weighted by atomic mass is 10.0. The molecule has 0 bridgehead atoms. The lowest BCUT2D eigenvalue weighted by molar-refractivity contribution is 0.0695. The topological polar surface area (TPSA) is 85.6 Å². The number of aryl methyl sites for hydroxylation is 1. The Morgan fingerprint density at radius 3 is 2.78 bits per heavy atom. The Hall–Kier alpha value is -2.86. The van der Waals surface area contributed by atoms with Crippen molar-refractivity contribution in [3.63, 3.8) is 0 Å². The Kier molecular flexibility index (Phi) is 3.75. The molecule has 0 atom stereocenters. The van der Waals surface area contributed by atoms with Crippen molar-refractivity contribution in [3.8, 4) is 0 Å². The third-order valence-electron chi connectivity index (χ3n) is 3.90. The van der Waals surface area contributed by atoms with E-state index in [0.29, 0.717) is 17.4 Å². The molecule has 0 fully saturated rings. The van der Waals surface area contributed by atoms with Crippen LogP contribution < -0.4 is 5.43 Å². The number of hydrogen-bond acceptors (Lipinski definition) is 4. The van der Waals surface area contributed by atoms with E-state index in [1.165, 1.54) is 12.4 Å². The second-order valence-electron chi connectivity index (χ2n) is 5.27. The second-order valence-corrected chi connectivity index (χ2v) is 5.27. The molecule has 0 saturated heterocycles. The second kappa shape index (κ2) is 5.73. The molecule has 6 nitrogen and oxygen atoms in total. The van der Waals surface area contributed by atoms with E-state index in [1.54, 1.807) is 22.8 Å². The average Bonchev–Trinajstić information content (AvgIpc) is 2.55. The molecule has 1 aliphatic rings. The number of hydroxylamine groups is 2. The van der Waals surface area contributed by atoms with E-state index in [2.05, 4.69) is 0 Å². The molecule has 23 heavy (non-hydrogen) atoms. The van der Waals surface area contributed by atoms with Crippen LogP contribution in [0.3, 0.4) is 0 Å². The fourth-order valence-corrected chi connectivity index (χ4v) is 2.68. The van der Waals surface area contributed by atoms with Crippen molar-refractivity contribution in [1.82, 2.24) is 9.63 Å². The number of hydrogen-bond donors (Lipinski definition) is 1. The number of carbonyl (C=O) groups is 1. The van der Waals surface area contributed by atoms with Gasteiger partial charge in [-0.2, -0.15) is 0 Å². The maximum absolute atomic E-state index is 12.3. The van der Waals surface area contributed by atoms with Gasteiger partial charge in [0.1, 0.15) is 5.56 Å². The number of carboxylic acid groups (broad SMARTS) is 1. The Bertz CT molecular complexity index is 909. The summed E-state index contributed by atoms with van der Waals surface area (Å²) < 4.78 is 1.75. The van der Waals surface area contributed by atoms with Crippen molar-refractivity contribution in [3.05, 3.63) is 69.3 Å². The zero-order valence-corrected chi connectivity index (χ0v) is 12.5. The van der Waals surface area contributed by atoms with E-state index in [9.17, 15) is 14.8 Å². The summed E-state index contributed by atoms with van der Waals surface area (Å²) in [5.41, 5.74) is 1.75. The normalized spacial score (nSPS) is 14.2. The summed E-state index contributed by atoms with van der Waals surface area (Å²) in [6.45, 7) is 2.71. The van der Waals surface area contributed by atoms with Gasteiger partial charge < -0.3 is 19.9 Å². The average molecular weight is 311 g/mol. The molecule has 0 spiro atoms. The number of fused-ring (bicyclic) bond motifs is 1. The number of nitrogens with zero attached hydrogens (tertiary/aromatic N) is 2. The van der Waals surface area contributed by atoms with Crippen LogP contribution in [0.25, 0.3) is 16.5 Å². The molecular weight excluding hydrogens is 296 g/mol. The largest absolute Gasteiger partial charge is 0.758 e. The van der Waals surface area contributed by atoms with Gasteiger partial charge in [0, 0.05) is 24.7 Å². The predicted molar refractivity (Wildman–Crippen MR) is 88.0 cm³/mol. The smallest absolute Gasteiger partial charge is 0.341 e. The Morgan fingerprint density at radius 1 is 1.39 bits per heavy atom. The third-order valence-corrected chi connectivity index (χ3v) is 3.90. The fraction of sp³-hybridized carbons (Fsp3) is 0.176. The third kappa shape index (κ3) is 2.64. The first kappa shape index (κ1) is 15.1. The van der Waals surface area contributed by atoms with Crippen molar-refractivity contribution in [2.24, 2.45) is 0 Å². The number of allylic oxidation sites excluding steroid dienone is 2. The monoisotopic (exact) mass is 311 g/mol. The van der Waals surface area contributed by atoms with Crippen LogP contribution in [-0.2, 0) is 6.54 Å². The number of rotatable bonds is 3. The van der Waals surface area contributed by atoms with Crippen molar-refractivity contribution in [2.75, 3.05) is 6.54 Å². The van der Waals surface area contributed by atoms with Crippen LogP contribution in [0.5, 0.6) is 0 Å². The van der Waals surface area contributed by atoms with Crippen LogP contribution in [0, 0.1) is 5.21 Å². The van der Waals surface area contributed by atoms with E-state index in [4.69, 9.17) is 5.11 Å². The summed E-state index contributed by atoms with van der Waals surface area (Å²) in [5, 5.41) is 21.5. The van der Waals surface area contributed by atoms with Crippen LogP contribution >= 0.6 is 0 Å². The van der Waals surface area contributed by atoms with Gasteiger partial charge in [0.2, 0.25) is 5.43 Å². The standard InChI is InChI=1S/C17H15N2O4/c1-2-18-10-14(17(21)22)16(20)13-4-3-12(9-15(13)18)11-5-7-19(23)8-6-11/h3-7,9-10H,2,8H2,1H3,(H,21,22)/q-1. The molecule has 118 valence electrons. The summed E-state index contributed by atoms with van der Waals surface area (Å²) in [6.07, 6.45) is 6.37. The van der Waals surface area contributed by atoms with Gasteiger partial charge in [-0.15, -0.1) is 0 Å². The number of carboxylic acids is 1. The maximum Gasteiger partial charge on any atom is 0.341 e. The highest BCUT2D eigenvalue weighted by molar-refractivity contribution is 5.93. The molecule has 0 saturated carbocycles. The van der Waals surface area contributed by atoms with E-state index < -0.39 is 11.4 Å². The fourth-order valence-electron chi connectivity index (χ4n) is 2.68. The lowest BCUT2D eigenvalue weighted by Crippen LogP contribution is -2.18. The molecule has 1 N–H and O–H groups in total. The van der Waals surface area contributed by atoms with Crippen LogP contribution in [0.15, 0.2) is 47.5 Å². The van der Waals surface area contributed by atoms with Gasteiger partial charge in [0.15, 0.2) is 0 Å². The van der Waals surface area contributed by atoms with E-state index in [0.717, 1.165) is 16.2 Å². The molecule has 0 aliphatic carbocycles. The summed E-state index contributed by atoms with van der Waals surface area (Å²) in [5.74, 6) is -1.23. The van der Waals surface area contributed by atoms with E-state index >= 15 is 0 Å². The highest BCUT2D eigenvalue weighted by Gasteiger charge is 2.15. The van der Waals surface area contributed by atoms with Gasteiger partial charge in [0.05, 0.1) is 5.52 Å². The minimum atomic E-state index is -1.23. The summed E-state index contributed by atoms with van der Waals surface area (Å²) in [7, 11) is 0. The quantitative estimate of drug-likeness (QED) is 0.941. The molecule has 0 unspecified atom stereocenters. The minimum Gasteiger partial charge on any atom is -0.758 e. The summed E-state index contributed by atoms with van der Waals surface area (Å²) in [4.78, 5) is 23.5. The van der Waals surface area contributed by atoms with Gasteiger partial charge in [-0.1, -0.05) is 12.1 Å². The molecule has 0 radical (unpaired) electrons. The van der Waals surface area contributed by atoms with Crippen LogP contribution in [-0.4, -0.2) is 27.3 Å². The number of benzene rings is 1. The lowest BCUT2D eigenvalue weighted by Gasteiger charge is -2.27. The molecular formula is C17H15N2O4-. The SMILES string of the molecule is CCn1cc(C(=O)O)c(=O)c2ccc(C3=CCN([O-])C=C3)cc21. The predicted octanol–water partition coefficient (Wildman–Crippen LogP) is 2.43. The first-order chi connectivity index (χ1) is 11.0. The minimum absolute atomic E-state index is 0.231. The molecule has 2 heterocycles. The van der Waals surface area contributed by atoms with Crippen molar-refractivity contribution in [2.45, 2.75) is 13.5 Å². The highest BCUT2D eigenvalue weighted by atomic mass is 16.5. The van der Waals surface area contributed by atoms with Gasteiger partial charge in [0.25, 0.3) is 0 Å². The molecule has 3 rings (SSSR count). The zero-order chi connectivity index (χ0) is 16.6. The van der Waals surface area contributed by atoms with Crippen LogP contribution in [0.4, 0.5) is 0 Å². The van der Waals surface area contributed by atoms with Crippen LogP contribution in [0.2, 0.25) is 0 Å². The van der Waals surface area contributed by atoms with Crippen molar-refractivity contribution < 1.29 is 9.90 Å². The Morgan fingerprint density at radius 2 is 2.17 bits per heavy atom. The van der Waals surface area contributed by atoms with Crippen molar-refractivity contribution in [1.29, 1.82) is 0 Å². The van der Waals surface area contributed by atoms with Gasteiger partial charge >= 0.3 is 5.97 Å². The number of pyridine rings is 1. The molecule has 6 heteroatoms. The highest BCUT2D eigenvalue weighted by Crippen LogP contribution is 2.23. The molecule has 2 aromatic rings. The number of aromatic nitrogens is 1. The molecule has 0 amide bonds. The molecule has 1 aromatic heterocycles. The van der Waals surface area contributed by atoms with Crippen LogP contribution in [0.1, 0.15) is 22.8 Å². The Balaban J connectivity index is 2.21. The Labute approximate surface area is 132 Å². The molecule has 1 aromatic carbocycles. The first-order valence-electron chi connectivity index (χ1n) is 7.24. The van der Waals surface area contributed by atoms with Gasteiger partial charge in [-0.05, 0) is 42.5 Å². The molecule has 1 aliphatic heterocycles. The van der Waals surface area contributed by atoms with E-state index in [-0.39, 0.29) is 12.1 Å². The van der Waals surface area contributed by atoms with Crippen molar-refractivity contribution >= 4 is 22.4 Å². The zero-order valence-electron chi connectivity index (χ0n) is 12.5. The van der Waals surface area contributed by atoms with Gasteiger partial charge in [-0.3, -0.25) is 4.79 Å². The van der Waals surface area contributed by atoms with Gasteiger partial charge in [-0.25, -0.2) is 4.79 Å². The summed E-state index contributed by atoms with van der Waals surface area (Å²) >= 11 is 0. The number of aromatic carboxylic acids is 1.